The highest BCUT2D eigenvalue weighted by Crippen LogP contribution is 2.36. The molecule has 0 saturated carbocycles. The van der Waals surface area contributed by atoms with E-state index in [1.165, 1.54) is 0 Å². The molecule has 134 valence electrons. The highest BCUT2D eigenvalue weighted by atomic mass is 16.5. The topological polar surface area (TPSA) is 41.6 Å². The monoisotopic (exact) mass is 356 g/mol. The average molecular weight is 356 g/mol. The van der Waals surface area contributed by atoms with Gasteiger partial charge in [-0.25, -0.2) is 0 Å². The molecule has 1 N–H and O–H groups in total. The number of benzene rings is 3. The summed E-state index contributed by atoms with van der Waals surface area (Å²) < 4.78 is 5.26. The molecular weight excluding hydrogens is 336 g/mol. The molecule has 4 nitrogen and oxygen atoms in total. The zero-order valence-electron chi connectivity index (χ0n) is 15.0. The molecule has 4 rings (SSSR count). The van der Waals surface area contributed by atoms with Gasteiger partial charge in [-0.2, -0.15) is 0 Å². The van der Waals surface area contributed by atoms with Crippen molar-refractivity contribution < 1.29 is 9.53 Å². The van der Waals surface area contributed by atoms with Crippen molar-refractivity contribution >= 4 is 17.3 Å². The van der Waals surface area contributed by atoms with Crippen LogP contribution in [0.3, 0.4) is 0 Å². The summed E-state index contributed by atoms with van der Waals surface area (Å²) in [5, 5.41) is 3.26. The number of methoxy groups -OCH3 is 1. The van der Waals surface area contributed by atoms with E-state index in [4.69, 9.17) is 4.74 Å². The molecule has 27 heavy (non-hydrogen) atoms. The number of para-hydroxylation sites is 2. The minimum absolute atomic E-state index is 0.0501. The van der Waals surface area contributed by atoms with Crippen LogP contribution >= 0.6 is 0 Å². The predicted molar refractivity (Wildman–Crippen MR) is 108 cm³/mol. The Kier molecular flexibility index (Phi) is 4.62. The summed E-state index contributed by atoms with van der Waals surface area (Å²) in [4.78, 5) is 15.0. The molecule has 0 radical (unpaired) electrons. The fourth-order valence-corrected chi connectivity index (χ4v) is 3.24. The van der Waals surface area contributed by atoms with Gasteiger partial charge < -0.3 is 10.1 Å². The maximum absolute atomic E-state index is 13.2. The van der Waals surface area contributed by atoms with E-state index in [0.29, 0.717) is 5.70 Å². The number of hydrogen-bond acceptors (Lipinski definition) is 3. The number of carbonyl (C=O) groups is 1. The zero-order valence-corrected chi connectivity index (χ0v) is 15.0. The molecule has 0 unspecified atom stereocenters. The van der Waals surface area contributed by atoms with Gasteiger partial charge in [-0.05, 0) is 48.0 Å². The summed E-state index contributed by atoms with van der Waals surface area (Å²) >= 11 is 0. The first-order valence-corrected chi connectivity index (χ1v) is 8.83. The number of ether oxygens (including phenoxy) is 1. The van der Waals surface area contributed by atoms with Gasteiger partial charge in [-0.1, -0.05) is 48.5 Å². The number of nitrogens with one attached hydrogen (secondary N) is 1. The van der Waals surface area contributed by atoms with Crippen molar-refractivity contribution in [3.05, 3.63) is 102 Å². The number of hydrogen-bond donors (Lipinski definition) is 1. The molecule has 3 aromatic carbocycles. The van der Waals surface area contributed by atoms with Crippen LogP contribution in [0.25, 0.3) is 0 Å². The highest BCUT2D eigenvalue weighted by Gasteiger charge is 2.34. The van der Waals surface area contributed by atoms with Gasteiger partial charge in [0, 0.05) is 11.4 Å². The van der Waals surface area contributed by atoms with E-state index in [2.05, 4.69) is 5.32 Å². The highest BCUT2D eigenvalue weighted by molar-refractivity contribution is 6.11. The fourth-order valence-electron chi connectivity index (χ4n) is 3.24. The fraction of sp³-hybridized carbons (Fsp3) is 0.0870. The Hall–Kier alpha value is -3.53. The van der Waals surface area contributed by atoms with E-state index in [1.807, 2.05) is 95.9 Å². The Morgan fingerprint density at radius 2 is 1.48 bits per heavy atom. The van der Waals surface area contributed by atoms with Crippen molar-refractivity contribution in [2.45, 2.75) is 6.04 Å². The normalized spacial score (nSPS) is 16.2. The van der Waals surface area contributed by atoms with Crippen molar-refractivity contribution in [2.75, 3.05) is 17.3 Å². The SMILES string of the molecule is COc1ccc([C@H]2C=C(Nc3ccccc3)C(=O)N2c2ccccc2)cc1. The van der Waals surface area contributed by atoms with Gasteiger partial charge in [0.2, 0.25) is 0 Å². The Bertz CT molecular complexity index is 951. The van der Waals surface area contributed by atoms with Crippen LogP contribution in [0.4, 0.5) is 11.4 Å². The first-order chi connectivity index (χ1) is 13.3. The maximum atomic E-state index is 13.2. The molecule has 0 saturated heterocycles. The Morgan fingerprint density at radius 3 is 2.11 bits per heavy atom. The smallest absolute Gasteiger partial charge is 0.275 e. The van der Waals surface area contributed by atoms with Gasteiger partial charge in [0.05, 0.1) is 13.2 Å². The van der Waals surface area contributed by atoms with Crippen molar-refractivity contribution in [1.82, 2.24) is 0 Å². The zero-order chi connectivity index (χ0) is 18.6. The van der Waals surface area contributed by atoms with Crippen LogP contribution < -0.4 is 15.0 Å². The van der Waals surface area contributed by atoms with Gasteiger partial charge in [0.1, 0.15) is 11.4 Å². The summed E-state index contributed by atoms with van der Waals surface area (Å²) in [5.41, 5.74) is 3.36. The molecule has 0 aliphatic carbocycles. The van der Waals surface area contributed by atoms with Crippen molar-refractivity contribution in [1.29, 1.82) is 0 Å². The molecule has 1 aliphatic heterocycles. The van der Waals surface area contributed by atoms with Crippen LogP contribution in [0, 0.1) is 0 Å². The second-order valence-corrected chi connectivity index (χ2v) is 6.30. The van der Waals surface area contributed by atoms with Gasteiger partial charge in [-0.15, -0.1) is 0 Å². The lowest BCUT2D eigenvalue weighted by Gasteiger charge is -2.25. The molecule has 1 atom stereocenters. The number of rotatable bonds is 5. The van der Waals surface area contributed by atoms with E-state index in [0.717, 1.165) is 22.7 Å². The molecule has 0 bridgehead atoms. The van der Waals surface area contributed by atoms with Gasteiger partial charge in [0.25, 0.3) is 5.91 Å². The second kappa shape index (κ2) is 7.38. The van der Waals surface area contributed by atoms with Crippen LogP contribution in [-0.4, -0.2) is 13.0 Å². The molecule has 0 aromatic heterocycles. The summed E-state index contributed by atoms with van der Waals surface area (Å²) in [6.45, 7) is 0. The number of amides is 1. The van der Waals surface area contributed by atoms with E-state index >= 15 is 0 Å². The Balaban J connectivity index is 1.72. The molecule has 1 heterocycles. The summed E-state index contributed by atoms with van der Waals surface area (Å²) in [5.74, 6) is 0.742. The van der Waals surface area contributed by atoms with Gasteiger partial charge in [0.15, 0.2) is 0 Å². The first-order valence-electron chi connectivity index (χ1n) is 8.83. The quantitative estimate of drug-likeness (QED) is 0.715. The number of nitrogens with zero attached hydrogens (tertiary/aromatic N) is 1. The van der Waals surface area contributed by atoms with Gasteiger partial charge >= 0.3 is 0 Å². The number of carbonyl (C=O) groups excluding carboxylic acids is 1. The Morgan fingerprint density at radius 1 is 0.852 bits per heavy atom. The first kappa shape index (κ1) is 16.9. The lowest BCUT2D eigenvalue weighted by molar-refractivity contribution is -0.114. The molecule has 1 aliphatic rings. The molecular formula is C23H20N2O2. The molecule has 1 amide bonds. The average Bonchev–Trinajstić information content (AvgIpc) is 3.05. The van der Waals surface area contributed by atoms with Crippen LogP contribution in [0.15, 0.2) is 96.7 Å². The predicted octanol–water partition coefficient (Wildman–Crippen LogP) is 4.78. The minimum Gasteiger partial charge on any atom is -0.497 e. The molecule has 4 heteroatoms. The van der Waals surface area contributed by atoms with Crippen LogP contribution in [-0.2, 0) is 4.79 Å². The van der Waals surface area contributed by atoms with Crippen molar-refractivity contribution in [3.63, 3.8) is 0 Å². The third-order valence-corrected chi connectivity index (χ3v) is 4.60. The largest absolute Gasteiger partial charge is 0.497 e. The van der Waals surface area contributed by atoms with E-state index < -0.39 is 0 Å². The maximum Gasteiger partial charge on any atom is 0.275 e. The lowest BCUT2D eigenvalue weighted by atomic mass is 10.1. The molecule has 0 fully saturated rings. The van der Waals surface area contributed by atoms with Crippen LogP contribution in [0.1, 0.15) is 11.6 Å². The summed E-state index contributed by atoms with van der Waals surface area (Å²) in [7, 11) is 1.65. The minimum atomic E-state index is -0.183. The summed E-state index contributed by atoms with van der Waals surface area (Å²) in [6, 6.07) is 27.1. The number of anilines is 2. The van der Waals surface area contributed by atoms with Gasteiger partial charge in [-0.3, -0.25) is 9.69 Å². The lowest BCUT2D eigenvalue weighted by Crippen LogP contribution is -2.30. The Labute approximate surface area is 158 Å². The summed E-state index contributed by atoms with van der Waals surface area (Å²) in [6.07, 6.45) is 1.98. The van der Waals surface area contributed by atoms with Crippen LogP contribution in [0.5, 0.6) is 5.75 Å². The van der Waals surface area contributed by atoms with E-state index in [9.17, 15) is 4.79 Å². The second-order valence-electron chi connectivity index (χ2n) is 6.30. The van der Waals surface area contributed by atoms with Crippen molar-refractivity contribution in [2.24, 2.45) is 0 Å². The van der Waals surface area contributed by atoms with Crippen LogP contribution in [0.2, 0.25) is 0 Å². The van der Waals surface area contributed by atoms with E-state index in [1.54, 1.807) is 7.11 Å². The molecule has 0 spiro atoms. The molecule has 3 aromatic rings. The third kappa shape index (κ3) is 3.42. The third-order valence-electron chi connectivity index (χ3n) is 4.60. The standard InChI is InChI=1S/C23H20N2O2/c1-27-20-14-12-17(13-15-20)22-16-21(24-18-8-4-2-5-9-18)23(26)25(22)19-10-6-3-7-11-19/h2-16,22,24H,1H3/t22-/m1/s1. The van der Waals surface area contributed by atoms with E-state index in [-0.39, 0.29) is 11.9 Å². The van der Waals surface area contributed by atoms with Crippen molar-refractivity contribution in [3.8, 4) is 5.75 Å².